The van der Waals surface area contributed by atoms with E-state index in [4.69, 9.17) is 18.5 Å². The Morgan fingerprint density at radius 2 is 1.08 bits per heavy atom. The molecule has 2 aliphatic heterocycles. The van der Waals surface area contributed by atoms with Crippen LogP contribution in [0.1, 0.15) is 69.7 Å². The van der Waals surface area contributed by atoms with Crippen molar-refractivity contribution < 1.29 is 28.1 Å². The monoisotopic (exact) mass is 638 g/mol. The average molecular weight is 639 g/mol. The quantitative estimate of drug-likeness (QED) is 0.152. The Labute approximate surface area is 278 Å². The van der Waals surface area contributed by atoms with E-state index in [0.29, 0.717) is 35.8 Å². The summed E-state index contributed by atoms with van der Waals surface area (Å²) in [6.45, 7) is 5.12. The zero-order valence-electron chi connectivity index (χ0n) is 26.8. The van der Waals surface area contributed by atoms with Gasteiger partial charge < -0.3 is 18.5 Å². The molecule has 8 rings (SSSR count). The number of ether oxygens (including phenoxy) is 2. The van der Waals surface area contributed by atoms with Crippen LogP contribution in [0.2, 0.25) is 0 Å². The van der Waals surface area contributed by atoms with Crippen molar-refractivity contribution in [3.8, 4) is 56.7 Å². The highest BCUT2D eigenvalue weighted by atomic mass is 16.5. The fourth-order valence-corrected chi connectivity index (χ4v) is 6.14. The maximum Gasteiger partial charge on any atom is 0.177 e. The predicted molar refractivity (Wildman–Crippen MR) is 182 cm³/mol. The Hall–Kier alpha value is -5.76. The maximum absolute atomic E-state index is 10.9. The Morgan fingerprint density at radius 3 is 1.67 bits per heavy atom. The molecule has 0 saturated heterocycles. The van der Waals surface area contributed by atoms with E-state index in [-0.39, 0.29) is 0 Å². The topological polar surface area (TPSA) is 105 Å². The van der Waals surface area contributed by atoms with Crippen LogP contribution in [-0.2, 0) is 26.1 Å². The first-order valence-corrected chi connectivity index (χ1v) is 16.2. The van der Waals surface area contributed by atoms with Crippen LogP contribution in [-0.4, -0.2) is 22.9 Å². The summed E-state index contributed by atoms with van der Waals surface area (Å²) in [4.78, 5) is 21.8. The Morgan fingerprint density at radius 1 is 0.583 bits per heavy atom. The molecule has 4 aromatic carbocycles. The first kappa shape index (κ1) is 30.9. The van der Waals surface area contributed by atoms with E-state index in [1.807, 2.05) is 12.1 Å². The molecule has 2 aliphatic rings. The highest BCUT2D eigenvalue weighted by Crippen LogP contribution is 2.43. The van der Waals surface area contributed by atoms with Gasteiger partial charge in [-0.3, -0.25) is 9.59 Å². The van der Waals surface area contributed by atoms with Crippen LogP contribution in [0.4, 0.5) is 0 Å². The molecule has 0 fully saturated rings. The van der Waals surface area contributed by atoms with Crippen molar-refractivity contribution in [3.05, 3.63) is 118 Å². The minimum Gasteiger partial charge on any atom is -0.488 e. The van der Waals surface area contributed by atoms with Gasteiger partial charge in [0.05, 0.1) is 16.7 Å². The molecule has 8 nitrogen and oxygen atoms in total. The number of hydrogen-bond acceptors (Lipinski definition) is 8. The second-order valence-corrected chi connectivity index (χ2v) is 11.9. The molecular weight excluding hydrogens is 604 g/mol. The Bertz CT molecular complexity index is 1940. The molecule has 0 saturated carbocycles. The Kier molecular flexibility index (Phi) is 8.71. The molecule has 0 unspecified atom stereocenters. The number of aryl methyl sites for hydroxylation is 2. The van der Waals surface area contributed by atoms with Crippen LogP contribution in [0.5, 0.6) is 11.5 Å². The molecule has 8 heteroatoms. The van der Waals surface area contributed by atoms with Crippen LogP contribution >= 0.6 is 0 Å². The second-order valence-electron chi connectivity index (χ2n) is 11.9. The van der Waals surface area contributed by atoms with Gasteiger partial charge in [0.25, 0.3) is 0 Å². The van der Waals surface area contributed by atoms with Crippen LogP contribution < -0.4 is 9.47 Å². The number of rotatable bonds is 8. The molecule has 0 bridgehead atoms. The number of aromatic nitrogens is 2. The molecule has 240 valence electrons. The standard InChI is InChI=1S/2C20H17NO3/c1-2-3-13-4-7-15(8-5-13)20-17-12-23-18-10-14(11-22)6-9-16(18)19(17)21-24-20;1-2-3-13-4-7-15(8-5-13)19-17-12-23-18-10-14(11-22)6-9-16(18)20(17)24-21-19/h2*4-11H,2-3,12H2,1H3. The van der Waals surface area contributed by atoms with Gasteiger partial charge in [-0.25, -0.2) is 0 Å². The van der Waals surface area contributed by atoms with Gasteiger partial charge in [0, 0.05) is 27.8 Å². The lowest BCUT2D eigenvalue weighted by Crippen LogP contribution is -2.05. The summed E-state index contributed by atoms with van der Waals surface area (Å²) in [5.41, 5.74) is 11.0. The molecule has 48 heavy (non-hydrogen) atoms. The van der Waals surface area contributed by atoms with E-state index in [9.17, 15) is 9.59 Å². The normalized spacial score (nSPS) is 12.2. The van der Waals surface area contributed by atoms with Gasteiger partial charge in [0.1, 0.15) is 48.7 Å². The van der Waals surface area contributed by atoms with E-state index in [2.05, 4.69) is 72.7 Å². The molecule has 2 aromatic heterocycles. The fourth-order valence-electron chi connectivity index (χ4n) is 6.14. The van der Waals surface area contributed by atoms with Gasteiger partial charge in [0.15, 0.2) is 11.5 Å². The summed E-state index contributed by atoms with van der Waals surface area (Å²) < 4.78 is 22.9. The zero-order chi connectivity index (χ0) is 33.0. The van der Waals surface area contributed by atoms with Gasteiger partial charge in [-0.15, -0.1) is 0 Å². The summed E-state index contributed by atoms with van der Waals surface area (Å²) >= 11 is 0. The van der Waals surface area contributed by atoms with E-state index in [1.165, 1.54) is 11.1 Å². The molecule has 0 radical (unpaired) electrons. The van der Waals surface area contributed by atoms with Crippen molar-refractivity contribution >= 4 is 12.6 Å². The van der Waals surface area contributed by atoms with Crippen molar-refractivity contribution in [1.29, 1.82) is 0 Å². The van der Waals surface area contributed by atoms with Gasteiger partial charge in [0.2, 0.25) is 0 Å². The van der Waals surface area contributed by atoms with Gasteiger partial charge >= 0.3 is 0 Å². The van der Waals surface area contributed by atoms with Crippen molar-refractivity contribution in [2.24, 2.45) is 0 Å². The number of aldehydes is 2. The fraction of sp³-hybridized carbons (Fsp3) is 0.200. The summed E-state index contributed by atoms with van der Waals surface area (Å²) in [7, 11) is 0. The molecule has 0 spiro atoms. The van der Waals surface area contributed by atoms with Crippen LogP contribution in [0.25, 0.3) is 45.2 Å². The minimum atomic E-state index is 0.389. The van der Waals surface area contributed by atoms with Crippen molar-refractivity contribution in [1.82, 2.24) is 10.3 Å². The second kappa shape index (κ2) is 13.5. The molecule has 0 atom stereocenters. The minimum absolute atomic E-state index is 0.389. The average Bonchev–Trinajstić information content (AvgIpc) is 3.78. The number of carbonyl (C=O) groups excluding carboxylic acids is 2. The molecule has 4 heterocycles. The van der Waals surface area contributed by atoms with Gasteiger partial charge in [-0.2, -0.15) is 0 Å². The number of carbonyl (C=O) groups is 2. The predicted octanol–water partition coefficient (Wildman–Crippen LogP) is 9.33. The third kappa shape index (κ3) is 5.93. The van der Waals surface area contributed by atoms with E-state index in [1.54, 1.807) is 24.3 Å². The summed E-state index contributed by atoms with van der Waals surface area (Å²) in [6, 6.07) is 27.5. The third-order valence-electron chi connectivity index (χ3n) is 8.62. The van der Waals surface area contributed by atoms with E-state index < -0.39 is 0 Å². The van der Waals surface area contributed by atoms with Crippen LogP contribution in [0.15, 0.2) is 94.0 Å². The van der Waals surface area contributed by atoms with Crippen molar-refractivity contribution in [2.75, 3.05) is 0 Å². The summed E-state index contributed by atoms with van der Waals surface area (Å²) in [6.07, 6.45) is 6.03. The highest BCUT2D eigenvalue weighted by molar-refractivity contribution is 5.84. The lowest BCUT2D eigenvalue weighted by molar-refractivity contribution is 0.111. The van der Waals surface area contributed by atoms with Gasteiger partial charge in [-0.05, 0) is 48.2 Å². The first-order valence-electron chi connectivity index (χ1n) is 16.2. The molecule has 0 amide bonds. The lowest BCUT2D eigenvalue weighted by atomic mass is 9.98. The molecule has 0 aliphatic carbocycles. The summed E-state index contributed by atoms with van der Waals surface area (Å²) in [5, 5.41) is 8.51. The number of nitrogens with zero attached hydrogens (tertiary/aromatic N) is 2. The van der Waals surface area contributed by atoms with E-state index >= 15 is 0 Å². The van der Waals surface area contributed by atoms with Crippen LogP contribution in [0, 0.1) is 0 Å². The SMILES string of the molecule is CCCc1ccc(-c2noc3c2COc2cc(C=O)ccc2-3)cc1.CCCc1ccc(-c2onc3c2COc2cc(C=O)ccc2-3)cc1. The summed E-state index contributed by atoms with van der Waals surface area (Å²) in [5.74, 6) is 2.80. The van der Waals surface area contributed by atoms with Crippen LogP contribution in [0.3, 0.4) is 0 Å². The van der Waals surface area contributed by atoms with Gasteiger partial charge in [-0.1, -0.05) is 97.7 Å². The maximum atomic E-state index is 10.9. The highest BCUT2D eigenvalue weighted by Gasteiger charge is 2.27. The number of benzene rings is 4. The zero-order valence-corrected chi connectivity index (χ0v) is 26.8. The Balaban J connectivity index is 0.000000152. The van der Waals surface area contributed by atoms with Crippen molar-refractivity contribution in [3.63, 3.8) is 0 Å². The molecule has 6 aromatic rings. The molecule has 0 N–H and O–H groups in total. The first-order chi connectivity index (χ1) is 23.6. The number of hydrogen-bond donors (Lipinski definition) is 0. The smallest absolute Gasteiger partial charge is 0.177 e. The van der Waals surface area contributed by atoms with E-state index in [0.717, 1.165) is 94.5 Å². The lowest BCUT2D eigenvalue weighted by Gasteiger charge is -2.17. The van der Waals surface area contributed by atoms with Crippen molar-refractivity contribution in [2.45, 2.75) is 52.7 Å². The third-order valence-corrected chi connectivity index (χ3v) is 8.62. The number of fused-ring (bicyclic) bond motifs is 6. The molecular formula is C40H34N2O6. The largest absolute Gasteiger partial charge is 0.488 e.